The van der Waals surface area contributed by atoms with Gasteiger partial charge in [0.15, 0.2) is 6.10 Å². The Balaban J connectivity index is 1.54. The number of nitrogens with one attached hydrogen (secondary N) is 2. The van der Waals surface area contributed by atoms with Gasteiger partial charge in [-0.05, 0) is 62.6 Å². The lowest BCUT2D eigenvalue weighted by molar-refractivity contribution is -0.147. The number of hydrogen-bond acceptors (Lipinski definition) is 7. The van der Waals surface area contributed by atoms with E-state index in [0.717, 1.165) is 11.1 Å². The topological polar surface area (TPSA) is 128 Å². The average molecular weight is 592 g/mol. The molecular weight excluding hydrogens is 554 g/mol. The number of aromatic hydroxyl groups is 1. The van der Waals surface area contributed by atoms with Crippen LogP contribution >= 0.6 is 11.8 Å². The molecule has 10 heteroatoms. The zero-order valence-corrected chi connectivity index (χ0v) is 25.0. The smallest absolute Gasteiger partial charge is 0.254 e. The number of phenolic OH excluding ortho intramolecular Hbond substituents is 1. The fourth-order valence-electron chi connectivity index (χ4n) is 5.01. The summed E-state index contributed by atoms with van der Waals surface area (Å²) < 4.78 is 4.57. The van der Waals surface area contributed by atoms with Gasteiger partial charge in [-0.3, -0.25) is 14.4 Å². The van der Waals surface area contributed by atoms with Crippen LogP contribution in [0.1, 0.15) is 40.9 Å². The van der Waals surface area contributed by atoms with Crippen molar-refractivity contribution < 1.29 is 29.3 Å². The van der Waals surface area contributed by atoms with Gasteiger partial charge in [-0.15, -0.1) is 11.8 Å². The molecule has 3 aromatic rings. The monoisotopic (exact) mass is 591 g/mol. The lowest BCUT2D eigenvalue weighted by Crippen LogP contribution is -2.58. The first-order chi connectivity index (χ1) is 20.0. The van der Waals surface area contributed by atoms with Crippen LogP contribution in [0, 0.1) is 6.92 Å². The van der Waals surface area contributed by atoms with Crippen LogP contribution < -0.4 is 15.4 Å². The van der Waals surface area contributed by atoms with Gasteiger partial charge in [-0.1, -0.05) is 48.5 Å². The van der Waals surface area contributed by atoms with Crippen molar-refractivity contribution >= 4 is 29.5 Å². The minimum atomic E-state index is -1.63. The van der Waals surface area contributed by atoms with E-state index >= 15 is 0 Å². The zero-order valence-electron chi connectivity index (χ0n) is 24.2. The Morgan fingerprint density at radius 3 is 2.38 bits per heavy atom. The third-order valence-electron chi connectivity index (χ3n) is 7.50. The van der Waals surface area contributed by atoms with Gasteiger partial charge in [0.25, 0.3) is 11.8 Å². The molecule has 3 amide bonds. The van der Waals surface area contributed by atoms with Crippen LogP contribution in [-0.2, 0) is 22.6 Å². The summed E-state index contributed by atoms with van der Waals surface area (Å²) in [4.78, 5) is 42.0. The molecule has 1 aliphatic rings. The van der Waals surface area contributed by atoms with E-state index in [-0.39, 0.29) is 36.1 Å². The maximum atomic E-state index is 13.8. The van der Waals surface area contributed by atoms with E-state index in [2.05, 4.69) is 10.6 Å². The predicted molar refractivity (Wildman–Crippen MR) is 162 cm³/mol. The Hall–Kier alpha value is -4.02. The number of benzene rings is 3. The van der Waals surface area contributed by atoms with Gasteiger partial charge in [0, 0.05) is 22.4 Å². The van der Waals surface area contributed by atoms with Crippen LogP contribution in [0.25, 0.3) is 0 Å². The zero-order chi connectivity index (χ0) is 30.4. The molecule has 0 aromatic heterocycles. The molecule has 1 fully saturated rings. The van der Waals surface area contributed by atoms with Gasteiger partial charge in [-0.2, -0.15) is 0 Å². The van der Waals surface area contributed by atoms with Gasteiger partial charge in [0.05, 0.1) is 19.0 Å². The summed E-state index contributed by atoms with van der Waals surface area (Å²) in [5, 5.41) is 27.3. The van der Waals surface area contributed by atoms with Crippen molar-refractivity contribution in [3.05, 3.63) is 95.1 Å². The SMILES string of the molecule is COc1ccc(CNC(=O)[C@H]2N(C(=O)[C@@H](O)[C@H](Cc3ccccc3)NC(=O)c3cccc(O)c3C)CSC2(C)C)cc1. The first-order valence-electron chi connectivity index (χ1n) is 13.7. The summed E-state index contributed by atoms with van der Waals surface area (Å²) >= 11 is 1.45. The van der Waals surface area contributed by atoms with E-state index in [1.807, 2.05) is 68.4 Å². The van der Waals surface area contributed by atoms with Crippen LogP contribution in [0.15, 0.2) is 72.8 Å². The largest absolute Gasteiger partial charge is 0.508 e. The van der Waals surface area contributed by atoms with Crippen LogP contribution in [0.3, 0.4) is 0 Å². The van der Waals surface area contributed by atoms with Gasteiger partial charge in [0.2, 0.25) is 5.91 Å². The molecule has 3 atom stereocenters. The minimum absolute atomic E-state index is 0.0290. The van der Waals surface area contributed by atoms with Crippen molar-refractivity contribution in [3.63, 3.8) is 0 Å². The first kappa shape index (κ1) is 30.9. The third kappa shape index (κ3) is 7.06. The highest BCUT2D eigenvalue weighted by molar-refractivity contribution is 8.00. The maximum Gasteiger partial charge on any atom is 0.254 e. The number of aliphatic hydroxyl groups excluding tert-OH is 1. The summed E-state index contributed by atoms with van der Waals surface area (Å²) in [6, 6.07) is 19.3. The fraction of sp³-hybridized carbons (Fsp3) is 0.344. The highest BCUT2D eigenvalue weighted by Crippen LogP contribution is 2.40. The molecule has 222 valence electrons. The Labute approximate surface area is 250 Å². The number of rotatable bonds is 10. The van der Waals surface area contributed by atoms with Gasteiger partial charge in [0.1, 0.15) is 17.5 Å². The number of carbonyl (C=O) groups is 3. The van der Waals surface area contributed by atoms with Crippen LogP contribution in [-0.4, -0.2) is 68.8 Å². The van der Waals surface area contributed by atoms with Crippen LogP contribution in [0.2, 0.25) is 0 Å². The Bertz CT molecular complexity index is 1410. The fourth-order valence-corrected chi connectivity index (χ4v) is 6.15. The third-order valence-corrected chi connectivity index (χ3v) is 8.88. The first-order valence-corrected chi connectivity index (χ1v) is 14.7. The van der Waals surface area contributed by atoms with Gasteiger partial charge in [-0.25, -0.2) is 0 Å². The van der Waals surface area contributed by atoms with Crippen molar-refractivity contribution in [1.82, 2.24) is 15.5 Å². The molecule has 0 radical (unpaired) electrons. The quantitative estimate of drug-likeness (QED) is 0.285. The summed E-state index contributed by atoms with van der Waals surface area (Å²) in [5.41, 5.74) is 2.31. The number of phenols is 1. The average Bonchev–Trinajstić information content (AvgIpc) is 3.31. The number of ether oxygens (including phenoxy) is 1. The van der Waals surface area contributed by atoms with E-state index in [0.29, 0.717) is 11.3 Å². The molecule has 0 unspecified atom stereocenters. The van der Waals surface area contributed by atoms with Crippen LogP contribution in [0.5, 0.6) is 11.5 Å². The Kier molecular flexibility index (Phi) is 9.80. The number of hydrogen-bond donors (Lipinski definition) is 4. The molecule has 0 aliphatic carbocycles. The molecule has 3 aromatic carbocycles. The van der Waals surface area contributed by atoms with Crippen molar-refractivity contribution in [2.24, 2.45) is 0 Å². The lowest BCUT2D eigenvalue weighted by Gasteiger charge is -2.33. The molecule has 4 rings (SSSR count). The Morgan fingerprint density at radius 1 is 1.02 bits per heavy atom. The highest BCUT2D eigenvalue weighted by atomic mass is 32.2. The highest BCUT2D eigenvalue weighted by Gasteiger charge is 2.49. The van der Waals surface area contributed by atoms with Gasteiger partial charge >= 0.3 is 0 Å². The molecule has 0 bridgehead atoms. The molecule has 0 spiro atoms. The van der Waals surface area contributed by atoms with Crippen molar-refractivity contribution in [2.45, 2.75) is 56.7 Å². The number of nitrogens with zero attached hydrogens (tertiary/aromatic N) is 1. The normalized spacial score (nSPS) is 17.3. The summed E-state index contributed by atoms with van der Waals surface area (Å²) in [6.45, 7) is 5.67. The molecule has 0 saturated carbocycles. The summed E-state index contributed by atoms with van der Waals surface area (Å²) in [6.07, 6.45) is -1.45. The number of thioether (sulfide) groups is 1. The number of methoxy groups -OCH3 is 1. The predicted octanol–water partition coefficient (Wildman–Crippen LogP) is 3.41. The summed E-state index contributed by atoms with van der Waals surface area (Å²) in [7, 11) is 1.58. The maximum absolute atomic E-state index is 13.8. The molecular formula is C32H37N3O6S. The van der Waals surface area contributed by atoms with E-state index in [1.165, 1.54) is 22.7 Å². The standard InChI is InChI=1S/C32H37N3O6S/c1-20-24(11-8-12-26(20)36)29(38)34-25(17-21-9-6-5-7-10-21)27(37)31(40)35-19-42-32(2,3)28(35)30(39)33-18-22-13-15-23(41-4)16-14-22/h5-16,25,27-28,36-37H,17-19H2,1-4H3,(H,33,39)(H,34,38)/t25-,27-,28+/m0/s1. The van der Waals surface area contributed by atoms with Crippen molar-refractivity contribution in [1.29, 1.82) is 0 Å². The molecule has 4 N–H and O–H groups in total. The molecule has 1 saturated heterocycles. The van der Waals surface area contributed by atoms with E-state index < -0.39 is 34.7 Å². The second kappa shape index (κ2) is 13.3. The van der Waals surface area contributed by atoms with E-state index in [1.54, 1.807) is 26.2 Å². The second-order valence-electron chi connectivity index (χ2n) is 10.8. The van der Waals surface area contributed by atoms with E-state index in [4.69, 9.17) is 4.74 Å². The summed E-state index contributed by atoms with van der Waals surface area (Å²) in [5.74, 6) is -0.617. The second-order valence-corrected chi connectivity index (χ2v) is 12.4. The van der Waals surface area contributed by atoms with Crippen molar-refractivity contribution in [3.8, 4) is 11.5 Å². The van der Waals surface area contributed by atoms with E-state index in [9.17, 15) is 24.6 Å². The molecule has 1 heterocycles. The minimum Gasteiger partial charge on any atom is -0.508 e. The lowest BCUT2D eigenvalue weighted by atomic mass is 9.96. The Morgan fingerprint density at radius 2 is 1.71 bits per heavy atom. The number of amides is 3. The molecule has 9 nitrogen and oxygen atoms in total. The van der Waals surface area contributed by atoms with Crippen LogP contribution in [0.4, 0.5) is 0 Å². The van der Waals surface area contributed by atoms with Gasteiger partial charge < -0.3 is 30.5 Å². The molecule has 42 heavy (non-hydrogen) atoms. The molecule has 1 aliphatic heterocycles. The number of carbonyl (C=O) groups excluding carboxylic acids is 3. The number of aliphatic hydroxyl groups is 1. The van der Waals surface area contributed by atoms with Crippen molar-refractivity contribution in [2.75, 3.05) is 13.0 Å².